The third-order valence-corrected chi connectivity index (χ3v) is 7.20. The molecule has 1 saturated heterocycles. The lowest BCUT2D eigenvalue weighted by Crippen LogP contribution is -2.40. The number of allylic oxidation sites excluding steroid dienone is 5. The van der Waals surface area contributed by atoms with Crippen LogP contribution >= 0.6 is 0 Å². The average Bonchev–Trinajstić information content (AvgIpc) is 3.13. The SMILES string of the molecule is Cc1cc(O)cc(C)c1C(=O)C1C=CC=C2C=C3C(CNN3c3ccc(F)cc3)CC21C. The summed E-state index contributed by atoms with van der Waals surface area (Å²) in [7, 11) is 0. The quantitative estimate of drug-likeness (QED) is 0.642. The molecule has 164 valence electrons. The fraction of sp³-hybridized carbons (Fsp3) is 0.296. The first-order valence-electron chi connectivity index (χ1n) is 11.0. The molecule has 0 radical (unpaired) electrons. The maximum absolute atomic E-state index is 13.8. The van der Waals surface area contributed by atoms with Crippen LogP contribution in [0.25, 0.3) is 0 Å². The van der Waals surface area contributed by atoms with E-state index in [-0.39, 0.29) is 34.6 Å². The number of fused-ring (bicyclic) bond motifs is 2. The molecule has 1 aliphatic heterocycles. The smallest absolute Gasteiger partial charge is 0.171 e. The summed E-state index contributed by atoms with van der Waals surface area (Å²) in [4.78, 5) is 13.8. The Balaban J connectivity index is 1.51. The van der Waals surface area contributed by atoms with Gasteiger partial charge in [-0.3, -0.25) is 9.80 Å². The molecule has 2 aromatic carbocycles. The monoisotopic (exact) mass is 430 g/mol. The van der Waals surface area contributed by atoms with Crippen molar-refractivity contribution in [2.24, 2.45) is 17.3 Å². The van der Waals surface area contributed by atoms with E-state index >= 15 is 0 Å². The number of hydrazine groups is 1. The first kappa shape index (κ1) is 20.7. The van der Waals surface area contributed by atoms with Crippen LogP contribution in [0, 0.1) is 36.9 Å². The summed E-state index contributed by atoms with van der Waals surface area (Å²) < 4.78 is 13.4. The maximum Gasteiger partial charge on any atom is 0.171 e. The predicted molar refractivity (Wildman–Crippen MR) is 124 cm³/mol. The number of Topliss-reactive ketones (excluding diaryl/α,β-unsaturated/α-hetero) is 1. The molecule has 0 saturated carbocycles. The van der Waals surface area contributed by atoms with Gasteiger partial charge in [-0.1, -0.05) is 25.2 Å². The van der Waals surface area contributed by atoms with Gasteiger partial charge in [0.05, 0.1) is 11.6 Å². The fourth-order valence-corrected chi connectivity index (χ4v) is 5.61. The van der Waals surface area contributed by atoms with E-state index in [1.165, 1.54) is 12.1 Å². The molecule has 2 N–H and O–H groups in total. The van der Waals surface area contributed by atoms with E-state index < -0.39 is 0 Å². The highest BCUT2D eigenvalue weighted by atomic mass is 19.1. The predicted octanol–water partition coefficient (Wildman–Crippen LogP) is 5.38. The molecule has 0 amide bonds. The van der Waals surface area contributed by atoms with Crippen LogP contribution in [-0.2, 0) is 0 Å². The van der Waals surface area contributed by atoms with E-state index in [2.05, 4.69) is 24.5 Å². The highest BCUT2D eigenvalue weighted by Gasteiger charge is 2.48. The normalized spacial score (nSPS) is 26.3. The van der Waals surface area contributed by atoms with Crippen molar-refractivity contribution in [3.63, 3.8) is 0 Å². The molecule has 5 heteroatoms. The molecule has 1 heterocycles. The number of carbonyl (C=O) groups is 1. The minimum absolute atomic E-state index is 0.0996. The van der Waals surface area contributed by atoms with E-state index in [0.717, 1.165) is 41.1 Å². The molecule has 2 aliphatic carbocycles. The second kappa shape index (κ2) is 7.45. The number of anilines is 1. The number of aryl methyl sites for hydroxylation is 2. The van der Waals surface area contributed by atoms with Crippen LogP contribution in [0.5, 0.6) is 5.75 Å². The molecule has 4 nitrogen and oxygen atoms in total. The van der Waals surface area contributed by atoms with Crippen molar-refractivity contribution in [2.75, 3.05) is 11.6 Å². The highest BCUT2D eigenvalue weighted by molar-refractivity contribution is 6.02. The van der Waals surface area contributed by atoms with Crippen molar-refractivity contribution in [1.29, 1.82) is 0 Å². The minimum Gasteiger partial charge on any atom is -0.508 e. The van der Waals surface area contributed by atoms with Gasteiger partial charge in [0, 0.05) is 29.1 Å². The lowest BCUT2D eigenvalue weighted by molar-refractivity contribution is 0.0844. The Kier molecular flexibility index (Phi) is 4.82. The van der Waals surface area contributed by atoms with Gasteiger partial charge in [0.25, 0.3) is 0 Å². The van der Waals surface area contributed by atoms with Crippen molar-refractivity contribution >= 4 is 11.5 Å². The van der Waals surface area contributed by atoms with Crippen molar-refractivity contribution in [3.8, 4) is 5.75 Å². The van der Waals surface area contributed by atoms with Crippen LogP contribution in [0.15, 0.2) is 72.0 Å². The molecule has 0 spiro atoms. The Morgan fingerprint density at radius 1 is 1.19 bits per heavy atom. The van der Waals surface area contributed by atoms with Gasteiger partial charge >= 0.3 is 0 Å². The minimum atomic E-state index is -0.322. The summed E-state index contributed by atoms with van der Waals surface area (Å²) in [6, 6.07) is 9.81. The summed E-state index contributed by atoms with van der Waals surface area (Å²) in [6.07, 6.45) is 9.14. The van der Waals surface area contributed by atoms with Crippen molar-refractivity contribution in [3.05, 3.63) is 94.5 Å². The summed E-state index contributed by atoms with van der Waals surface area (Å²) in [6.45, 7) is 6.72. The van der Waals surface area contributed by atoms with E-state index in [9.17, 15) is 14.3 Å². The number of phenolic OH excluding ortho intramolecular Hbond substituents is 1. The molecule has 32 heavy (non-hydrogen) atoms. The van der Waals surface area contributed by atoms with Crippen LogP contribution in [0.3, 0.4) is 0 Å². The lowest BCUT2D eigenvalue weighted by atomic mass is 9.59. The number of nitrogens with one attached hydrogen (secondary N) is 1. The summed E-state index contributed by atoms with van der Waals surface area (Å²) in [5.74, 6) is 0.0114. The molecule has 3 atom stereocenters. The van der Waals surface area contributed by atoms with E-state index in [1.807, 2.05) is 31.0 Å². The molecule has 0 bridgehead atoms. The topological polar surface area (TPSA) is 52.6 Å². The molecule has 5 rings (SSSR count). The fourth-order valence-electron chi connectivity index (χ4n) is 5.61. The summed E-state index contributed by atoms with van der Waals surface area (Å²) in [5, 5.41) is 11.9. The average molecular weight is 431 g/mol. The molecule has 1 fully saturated rings. The Bertz CT molecular complexity index is 1170. The van der Waals surface area contributed by atoms with Crippen LogP contribution in [-0.4, -0.2) is 17.4 Å². The number of aromatic hydroxyl groups is 1. The molecular formula is C27H27FN2O2. The summed E-state index contributed by atoms with van der Waals surface area (Å²) in [5.41, 5.74) is 8.62. The number of nitrogens with zero attached hydrogens (tertiary/aromatic N) is 1. The van der Waals surface area contributed by atoms with Crippen LogP contribution in [0.2, 0.25) is 0 Å². The van der Waals surface area contributed by atoms with Gasteiger partial charge in [-0.15, -0.1) is 0 Å². The zero-order valence-corrected chi connectivity index (χ0v) is 18.5. The largest absolute Gasteiger partial charge is 0.508 e. The first-order valence-corrected chi connectivity index (χ1v) is 11.0. The second-order valence-electron chi connectivity index (χ2n) is 9.37. The lowest BCUT2D eigenvalue weighted by Gasteiger charge is -2.44. The van der Waals surface area contributed by atoms with Crippen molar-refractivity contribution in [1.82, 2.24) is 5.43 Å². The molecule has 0 aromatic heterocycles. The number of phenols is 1. The van der Waals surface area contributed by atoms with Gasteiger partial charge in [-0.2, -0.15) is 0 Å². The third-order valence-electron chi connectivity index (χ3n) is 7.20. The Morgan fingerprint density at radius 3 is 2.56 bits per heavy atom. The molecule has 3 aliphatic rings. The number of halogens is 1. The Labute approximate surface area is 187 Å². The van der Waals surface area contributed by atoms with Crippen LogP contribution in [0.1, 0.15) is 34.8 Å². The number of ketones is 1. The highest BCUT2D eigenvalue weighted by Crippen LogP contribution is 2.52. The zero-order chi connectivity index (χ0) is 22.6. The van der Waals surface area contributed by atoms with Gasteiger partial charge < -0.3 is 5.11 Å². The standard InChI is InChI=1S/C27H27FN2O2/c1-16-11-22(31)12-17(2)25(16)26(32)23-6-4-5-19-13-24-18(14-27(19,23)3)15-29-30(24)21-9-7-20(28)8-10-21/h4-13,18,23,29,31H,14-15H2,1-3H3. The number of carbonyl (C=O) groups excluding carboxylic acids is 1. The van der Waals surface area contributed by atoms with E-state index in [4.69, 9.17) is 0 Å². The van der Waals surface area contributed by atoms with Gasteiger partial charge in [-0.05, 0) is 79.4 Å². The molecule has 2 aromatic rings. The van der Waals surface area contributed by atoms with Crippen LogP contribution < -0.4 is 10.4 Å². The van der Waals surface area contributed by atoms with Gasteiger partial charge in [0.15, 0.2) is 5.78 Å². The molecular weight excluding hydrogens is 403 g/mol. The van der Waals surface area contributed by atoms with Crippen LogP contribution in [0.4, 0.5) is 10.1 Å². The summed E-state index contributed by atoms with van der Waals surface area (Å²) >= 11 is 0. The number of rotatable bonds is 3. The number of benzene rings is 2. The third kappa shape index (κ3) is 3.19. The Hall–Kier alpha value is -3.18. The zero-order valence-electron chi connectivity index (χ0n) is 18.5. The van der Waals surface area contributed by atoms with Crippen molar-refractivity contribution < 1.29 is 14.3 Å². The van der Waals surface area contributed by atoms with Gasteiger partial charge in [0.1, 0.15) is 11.6 Å². The van der Waals surface area contributed by atoms with Crippen molar-refractivity contribution in [2.45, 2.75) is 27.2 Å². The second-order valence-corrected chi connectivity index (χ2v) is 9.37. The Morgan fingerprint density at radius 2 is 1.88 bits per heavy atom. The maximum atomic E-state index is 13.8. The van der Waals surface area contributed by atoms with Gasteiger partial charge in [0.2, 0.25) is 0 Å². The molecule has 3 unspecified atom stereocenters. The van der Waals surface area contributed by atoms with E-state index in [0.29, 0.717) is 5.56 Å². The number of hydrogen-bond donors (Lipinski definition) is 2. The number of hydrogen-bond acceptors (Lipinski definition) is 4. The van der Waals surface area contributed by atoms with Gasteiger partial charge in [-0.25, -0.2) is 9.82 Å². The van der Waals surface area contributed by atoms with E-state index in [1.54, 1.807) is 24.3 Å². The first-order chi connectivity index (χ1) is 15.3.